The molecule has 0 saturated carbocycles. The lowest BCUT2D eigenvalue weighted by atomic mass is 10.2. The maximum atomic E-state index is 11.9. The van der Waals surface area contributed by atoms with E-state index in [1.54, 1.807) is 30.3 Å². The Labute approximate surface area is 137 Å². The van der Waals surface area contributed by atoms with Gasteiger partial charge in [0.05, 0.1) is 6.21 Å². The van der Waals surface area contributed by atoms with E-state index in [0.717, 1.165) is 10.0 Å². The zero-order valence-electron chi connectivity index (χ0n) is 11.6. The number of hydrazone groups is 1. The summed E-state index contributed by atoms with van der Waals surface area (Å²) in [4.78, 5) is 11.9. The summed E-state index contributed by atoms with van der Waals surface area (Å²) in [5.41, 5.74) is 3.73. The molecule has 22 heavy (non-hydrogen) atoms. The minimum Gasteiger partial charge on any atom is -0.480 e. The number of nitrogens with zero attached hydrogens (tertiary/aromatic N) is 1. The Hall–Kier alpha value is -2.58. The highest BCUT2D eigenvalue weighted by atomic mass is 79.9. The van der Waals surface area contributed by atoms with Gasteiger partial charge in [-0.15, -0.1) is 6.42 Å². The normalized spacial score (nSPS) is 10.2. The predicted molar refractivity (Wildman–Crippen MR) is 90.0 cm³/mol. The van der Waals surface area contributed by atoms with Crippen molar-refractivity contribution in [2.75, 3.05) is 6.61 Å². The van der Waals surface area contributed by atoms with Crippen molar-refractivity contribution in [3.05, 3.63) is 64.1 Å². The quantitative estimate of drug-likeness (QED) is 0.508. The molecule has 0 heterocycles. The Morgan fingerprint density at radius 3 is 2.73 bits per heavy atom. The van der Waals surface area contributed by atoms with Gasteiger partial charge in [-0.05, 0) is 36.4 Å². The highest BCUT2D eigenvalue weighted by molar-refractivity contribution is 9.10. The first-order valence-corrected chi connectivity index (χ1v) is 7.24. The van der Waals surface area contributed by atoms with Crippen molar-refractivity contribution in [2.45, 2.75) is 0 Å². The van der Waals surface area contributed by atoms with Crippen molar-refractivity contribution in [1.82, 2.24) is 5.43 Å². The van der Waals surface area contributed by atoms with Crippen LogP contribution in [0.5, 0.6) is 5.75 Å². The number of carbonyl (C=O) groups excluding carboxylic acids is 1. The van der Waals surface area contributed by atoms with Gasteiger partial charge in [0.15, 0.2) is 0 Å². The fourth-order valence-corrected chi connectivity index (χ4v) is 1.93. The number of benzene rings is 2. The first kappa shape index (κ1) is 15.8. The van der Waals surface area contributed by atoms with Crippen molar-refractivity contribution in [3.63, 3.8) is 0 Å². The molecule has 2 rings (SSSR count). The van der Waals surface area contributed by atoms with E-state index in [1.807, 2.05) is 18.2 Å². The molecule has 0 aliphatic rings. The minimum atomic E-state index is -0.286. The number of terminal acetylenes is 1. The van der Waals surface area contributed by atoms with Gasteiger partial charge in [-0.1, -0.05) is 34.0 Å². The van der Waals surface area contributed by atoms with E-state index in [1.165, 1.54) is 6.21 Å². The number of carbonyl (C=O) groups is 1. The Morgan fingerprint density at radius 2 is 2.00 bits per heavy atom. The number of para-hydroxylation sites is 1. The van der Waals surface area contributed by atoms with Crippen LogP contribution in [0.25, 0.3) is 0 Å². The van der Waals surface area contributed by atoms with E-state index in [9.17, 15) is 4.79 Å². The second kappa shape index (κ2) is 8.01. The lowest BCUT2D eigenvalue weighted by Crippen LogP contribution is -2.17. The van der Waals surface area contributed by atoms with Gasteiger partial charge in [0, 0.05) is 15.6 Å². The molecule has 1 N–H and O–H groups in total. The Balaban J connectivity index is 2.02. The summed E-state index contributed by atoms with van der Waals surface area (Å²) in [6.07, 6.45) is 6.69. The number of nitrogens with one attached hydrogen (secondary N) is 1. The van der Waals surface area contributed by atoms with Crippen LogP contribution in [0.1, 0.15) is 15.9 Å². The molecule has 2 aromatic carbocycles. The molecule has 110 valence electrons. The van der Waals surface area contributed by atoms with E-state index in [4.69, 9.17) is 11.2 Å². The lowest BCUT2D eigenvalue weighted by molar-refractivity contribution is 0.0955. The molecule has 0 bridgehead atoms. The molecule has 0 aromatic heterocycles. The van der Waals surface area contributed by atoms with Crippen molar-refractivity contribution in [1.29, 1.82) is 0 Å². The number of ether oxygens (including phenoxy) is 1. The van der Waals surface area contributed by atoms with Crippen LogP contribution >= 0.6 is 15.9 Å². The van der Waals surface area contributed by atoms with Gasteiger partial charge in [0.1, 0.15) is 12.4 Å². The summed E-state index contributed by atoms with van der Waals surface area (Å²) in [6, 6.07) is 14.3. The van der Waals surface area contributed by atoms with Crippen molar-refractivity contribution < 1.29 is 9.53 Å². The maximum absolute atomic E-state index is 11.9. The standard InChI is InChI=1S/C17H13BrN2O2/c1-2-11-22-16-6-4-3-5-14(16)12-19-20-17(21)13-7-9-15(18)10-8-13/h1,3-10,12H,11H2,(H,20,21). The summed E-state index contributed by atoms with van der Waals surface area (Å²) in [5.74, 6) is 2.73. The van der Waals surface area contributed by atoms with Gasteiger partial charge < -0.3 is 4.74 Å². The van der Waals surface area contributed by atoms with Gasteiger partial charge >= 0.3 is 0 Å². The fourth-order valence-electron chi connectivity index (χ4n) is 1.66. The molecule has 0 unspecified atom stereocenters. The summed E-state index contributed by atoms with van der Waals surface area (Å²) in [6.45, 7) is 0.177. The Bertz CT molecular complexity index is 718. The molecule has 0 atom stereocenters. The molecule has 2 aromatic rings. The average Bonchev–Trinajstić information content (AvgIpc) is 2.54. The molecule has 0 saturated heterocycles. The van der Waals surface area contributed by atoms with E-state index in [-0.39, 0.29) is 12.5 Å². The van der Waals surface area contributed by atoms with Gasteiger partial charge in [-0.2, -0.15) is 5.10 Å². The third kappa shape index (κ3) is 4.47. The highest BCUT2D eigenvalue weighted by Gasteiger charge is 2.04. The lowest BCUT2D eigenvalue weighted by Gasteiger charge is -2.05. The van der Waals surface area contributed by atoms with Crippen LogP contribution in [0.4, 0.5) is 0 Å². The van der Waals surface area contributed by atoms with Crippen molar-refractivity contribution in [3.8, 4) is 18.1 Å². The molecule has 0 fully saturated rings. The molecular formula is C17H13BrN2O2. The van der Waals surface area contributed by atoms with Crippen LogP contribution in [-0.4, -0.2) is 18.7 Å². The largest absolute Gasteiger partial charge is 0.480 e. The predicted octanol–water partition coefficient (Wildman–Crippen LogP) is 3.23. The first-order valence-electron chi connectivity index (χ1n) is 6.45. The SMILES string of the molecule is C#CCOc1ccccc1C=NNC(=O)c1ccc(Br)cc1. The van der Waals surface area contributed by atoms with E-state index < -0.39 is 0 Å². The zero-order chi connectivity index (χ0) is 15.8. The number of hydrogen-bond donors (Lipinski definition) is 1. The molecule has 0 aliphatic heterocycles. The Kier molecular flexibility index (Phi) is 5.75. The van der Waals surface area contributed by atoms with Crippen LogP contribution in [-0.2, 0) is 0 Å². The van der Waals surface area contributed by atoms with Crippen LogP contribution in [0, 0.1) is 12.3 Å². The molecular weight excluding hydrogens is 344 g/mol. The second-order valence-corrected chi connectivity index (χ2v) is 5.15. The van der Waals surface area contributed by atoms with Gasteiger partial charge in [0.25, 0.3) is 5.91 Å². The zero-order valence-corrected chi connectivity index (χ0v) is 13.2. The van der Waals surface area contributed by atoms with E-state index in [2.05, 4.69) is 32.4 Å². The minimum absolute atomic E-state index is 0.177. The smallest absolute Gasteiger partial charge is 0.271 e. The van der Waals surface area contributed by atoms with Crippen molar-refractivity contribution in [2.24, 2.45) is 5.10 Å². The molecule has 5 heteroatoms. The van der Waals surface area contributed by atoms with Crippen molar-refractivity contribution >= 4 is 28.1 Å². The van der Waals surface area contributed by atoms with Crippen LogP contribution in [0.15, 0.2) is 58.1 Å². The maximum Gasteiger partial charge on any atom is 0.271 e. The summed E-state index contributed by atoms with van der Waals surface area (Å²) >= 11 is 3.32. The van der Waals surface area contributed by atoms with E-state index >= 15 is 0 Å². The number of hydrogen-bond acceptors (Lipinski definition) is 3. The topological polar surface area (TPSA) is 50.7 Å². The Morgan fingerprint density at radius 1 is 1.27 bits per heavy atom. The molecule has 4 nitrogen and oxygen atoms in total. The second-order valence-electron chi connectivity index (χ2n) is 4.24. The number of halogens is 1. The molecule has 0 radical (unpaired) electrons. The van der Waals surface area contributed by atoms with Crippen LogP contribution in [0.2, 0.25) is 0 Å². The average molecular weight is 357 g/mol. The van der Waals surface area contributed by atoms with Gasteiger partial charge in [-0.3, -0.25) is 4.79 Å². The number of amides is 1. The monoisotopic (exact) mass is 356 g/mol. The molecule has 0 spiro atoms. The third-order valence-electron chi connectivity index (χ3n) is 2.71. The summed E-state index contributed by atoms with van der Waals surface area (Å²) in [5, 5.41) is 3.94. The van der Waals surface area contributed by atoms with Gasteiger partial charge in [-0.25, -0.2) is 5.43 Å². The first-order chi connectivity index (χ1) is 10.7. The summed E-state index contributed by atoms with van der Waals surface area (Å²) < 4.78 is 6.31. The highest BCUT2D eigenvalue weighted by Crippen LogP contribution is 2.15. The van der Waals surface area contributed by atoms with Crippen LogP contribution in [0.3, 0.4) is 0 Å². The van der Waals surface area contributed by atoms with Gasteiger partial charge in [0.2, 0.25) is 0 Å². The molecule has 1 amide bonds. The fraction of sp³-hybridized carbons (Fsp3) is 0.0588. The summed E-state index contributed by atoms with van der Waals surface area (Å²) in [7, 11) is 0. The van der Waals surface area contributed by atoms with E-state index in [0.29, 0.717) is 11.3 Å². The van der Waals surface area contributed by atoms with Crippen LogP contribution < -0.4 is 10.2 Å². The third-order valence-corrected chi connectivity index (χ3v) is 3.23. The number of rotatable bonds is 5. The molecule has 0 aliphatic carbocycles.